The highest BCUT2D eigenvalue weighted by Crippen LogP contribution is 2.20. The number of methoxy groups -OCH3 is 1. The lowest BCUT2D eigenvalue weighted by Gasteiger charge is -2.36. The van der Waals surface area contributed by atoms with E-state index in [0.717, 1.165) is 21.3 Å². The first-order valence-electron chi connectivity index (χ1n) is 13.5. The van der Waals surface area contributed by atoms with E-state index in [0.29, 0.717) is 18.5 Å². The molecule has 5 rings (SSSR count). The number of benzene rings is 5. The van der Waals surface area contributed by atoms with Crippen LogP contribution < -0.4 is 25.6 Å². The van der Waals surface area contributed by atoms with Crippen molar-refractivity contribution in [3.63, 3.8) is 0 Å². The van der Waals surface area contributed by atoms with Gasteiger partial charge >= 0.3 is 0 Å². The molecule has 0 aliphatic heterocycles. The molecule has 0 saturated heterocycles. The van der Waals surface area contributed by atoms with E-state index in [1.807, 2.05) is 97.1 Å². The van der Waals surface area contributed by atoms with Crippen molar-refractivity contribution < 1.29 is 14.0 Å². The second kappa shape index (κ2) is 13.1. The molecule has 1 atom stereocenters. The number of amides is 1. The molecule has 5 aromatic carbocycles. The molecule has 0 radical (unpaired) electrons. The van der Waals surface area contributed by atoms with Gasteiger partial charge in [0.05, 0.1) is 7.11 Å². The van der Waals surface area contributed by atoms with Crippen LogP contribution in [0.2, 0.25) is 0 Å². The normalized spacial score (nSPS) is 11.9. The Balaban J connectivity index is 1.59. The number of carbonyl (C=O) groups is 1. The minimum absolute atomic E-state index is 0.166. The van der Waals surface area contributed by atoms with E-state index >= 15 is 0 Å². The molecule has 1 amide bonds. The van der Waals surface area contributed by atoms with Gasteiger partial charge in [0.15, 0.2) is 0 Å². The molecule has 0 aromatic heterocycles. The lowest BCUT2D eigenvalue weighted by Crippen LogP contribution is -2.71. The smallest absolute Gasteiger partial charge is 0.289 e. The quantitative estimate of drug-likeness (QED) is 0.181. The maximum absolute atomic E-state index is 14.0. The molecule has 5 heteroatoms. The number of nitrogens with one attached hydrogen (secondary N) is 1. The van der Waals surface area contributed by atoms with Gasteiger partial charge in [0.1, 0.15) is 11.9 Å². The van der Waals surface area contributed by atoms with Crippen molar-refractivity contribution in [1.82, 2.24) is 0 Å². The van der Waals surface area contributed by atoms with E-state index in [1.165, 1.54) is 5.56 Å². The zero-order valence-electron chi connectivity index (χ0n) is 22.6. The number of rotatable bonds is 11. The van der Waals surface area contributed by atoms with Gasteiger partial charge in [-0.3, -0.25) is 4.79 Å². The van der Waals surface area contributed by atoms with Crippen LogP contribution in [-0.2, 0) is 15.6 Å². The Morgan fingerprint density at radius 2 is 1.10 bits per heavy atom. The maximum atomic E-state index is 14.0. The summed E-state index contributed by atoms with van der Waals surface area (Å²) in [5.41, 5.74) is 1.87. The summed E-state index contributed by atoms with van der Waals surface area (Å²) in [6.45, 7) is 0. The van der Waals surface area contributed by atoms with Crippen molar-refractivity contribution >= 4 is 35.5 Å². The van der Waals surface area contributed by atoms with Gasteiger partial charge < -0.3 is 14.5 Å². The molecule has 40 heavy (non-hydrogen) atoms. The first-order chi connectivity index (χ1) is 19.7. The molecule has 0 aliphatic carbocycles. The van der Waals surface area contributed by atoms with Crippen LogP contribution in [0.4, 0.5) is 5.69 Å². The van der Waals surface area contributed by atoms with Crippen molar-refractivity contribution in [2.24, 2.45) is 0 Å². The van der Waals surface area contributed by atoms with Gasteiger partial charge in [-0.15, -0.1) is 0 Å². The fourth-order valence-corrected chi connectivity index (χ4v) is 9.06. The van der Waals surface area contributed by atoms with E-state index in [4.69, 9.17) is 9.16 Å². The van der Waals surface area contributed by atoms with Crippen LogP contribution in [0.5, 0.6) is 5.75 Å². The van der Waals surface area contributed by atoms with Crippen molar-refractivity contribution in [2.45, 2.75) is 18.9 Å². The van der Waals surface area contributed by atoms with Crippen molar-refractivity contribution in [2.75, 3.05) is 12.4 Å². The Morgan fingerprint density at radius 3 is 1.55 bits per heavy atom. The van der Waals surface area contributed by atoms with Gasteiger partial charge in [-0.25, -0.2) is 0 Å². The summed E-state index contributed by atoms with van der Waals surface area (Å²) in [5, 5.41) is 6.39. The van der Waals surface area contributed by atoms with Gasteiger partial charge in [-0.1, -0.05) is 121 Å². The lowest BCUT2D eigenvalue weighted by atomic mass is 10.1. The molecular formula is C35H33NO3Si. The van der Waals surface area contributed by atoms with Gasteiger partial charge in [0.2, 0.25) is 0 Å². The molecule has 4 nitrogen and oxygen atoms in total. The number of carbonyl (C=O) groups excluding carboxylic acids is 1. The molecule has 0 heterocycles. The SMILES string of the molecule is COc1ccc(NC(=O)C(CCc2ccccc2)O[Si](c2ccccc2)(c2ccccc2)c2ccccc2)cc1. The van der Waals surface area contributed by atoms with Crippen LogP contribution in [0.15, 0.2) is 146 Å². The van der Waals surface area contributed by atoms with E-state index in [1.54, 1.807) is 7.11 Å². The average Bonchev–Trinajstić information content (AvgIpc) is 3.03. The Bertz CT molecular complexity index is 1380. The molecule has 1 unspecified atom stereocenters. The predicted molar refractivity (Wildman–Crippen MR) is 165 cm³/mol. The van der Waals surface area contributed by atoms with E-state index in [-0.39, 0.29) is 5.91 Å². The number of aryl methyl sites for hydroxylation is 1. The van der Waals surface area contributed by atoms with Crippen LogP contribution in [0.1, 0.15) is 12.0 Å². The minimum atomic E-state index is -3.10. The van der Waals surface area contributed by atoms with Gasteiger partial charge in [0.25, 0.3) is 14.2 Å². The summed E-state index contributed by atoms with van der Waals surface area (Å²) in [6.07, 6.45) is 0.548. The number of ether oxygens (including phenoxy) is 1. The van der Waals surface area contributed by atoms with Crippen molar-refractivity contribution in [3.05, 3.63) is 151 Å². The third-order valence-electron chi connectivity index (χ3n) is 7.05. The summed E-state index contributed by atoms with van der Waals surface area (Å²) in [5.74, 6) is 0.569. The molecule has 1 N–H and O–H groups in total. The molecule has 0 saturated carbocycles. The van der Waals surface area contributed by atoms with Crippen LogP contribution >= 0.6 is 0 Å². The maximum Gasteiger partial charge on any atom is 0.289 e. The molecule has 0 fully saturated rings. The molecule has 5 aromatic rings. The van der Waals surface area contributed by atoms with Gasteiger partial charge in [-0.2, -0.15) is 0 Å². The summed E-state index contributed by atoms with van der Waals surface area (Å²) in [7, 11) is -1.47. The standard InChI is InChI=1S/C35H33NO3Si/c1-38-30-25-23-29(24-26-30)36-35(37)34(27-22-28-14-6-2-7-15-28)39-40(31-16-8-3-9-17-31,32-18-10-4-11-19-32)33-20-12-5-13-21-33/h2-21,23-26,34H,22,27H2,1H3,(H,36,37). The third kappa shape index (κ3) is 6.23. The molecule has 200 valence electrons. The Labute approximate surface area is 237 Å². The average molecular weight is 544 g/mol. The van der Waals surface area contributed by atoms with Crippen LogP contribution in [-0.4, -0.2) is 27.4 Å². The third-order valence-corrected chi connectivity index (χ3v) is 11.1. The number of anilines is 1. The summed E-state index contributed by atoms with van der Waals surface area (Å²) in [4.78, 5) is 14.0. The van der Waals surface area contributed by atoms with Crippen LogP contribution in [0.3, 0.4) is 0 Å². The Kier molecular flexibility index (Phi) is 8.86. The molecular weight excluding hydrogens is 510 g/mol. The van der Waals surface area contributed by atoms with Gasteiger partial charge in [0, 0.05) is 5.69 Å². The second-order valence-electron chi connectivity index (χ2n) is 9.63. The topological polar surface area (TPSA) is 47.6 Å². The van der Waals surface area contributed by atoms with Crippen LogP contribution in [0.25, 0.3) is 0 Å². The van der Waals surface area contributed by atoms with E-state index in [2.05, 4.69) is 53.8 Å². The zero-order valence-corrected chi connectivity index (χ0v) is 23.6. The van der Waals surface area contributed by atoms with Crippen LogP contribution in [0, 0.1) is 0 Å². The fraction of sp³-hybridized carbons (Fsp3) is 0.114. The summed E-state index contributed by atoms with van der Waals surface area (Å²) in [6, 6.07) is 48.7. The highest BCUT2D eigenvalue weighted by atomic mass is 28.4. The van der Waals surface area contributed by atoms with E-state index < -0.39 is 14.4 Å². The fourth-order valence-electron chi connectivity index (χ4n) is 5.02. The Morgan fingerprint density at radius 1 is 0.650 bits per heavy atom. The van der Waals surface area contributed by atoms with Crippen molar-refractivity contribution in [1.29, 1.82) is 0 Å². The largest absolute Gasteiger partial charge is 0.497 e. The zero-order chi connectivity index (χ0) is 27.6. The first kappa shape index (κ1) is 27.1. The summed E-state index contributed by atoms with van der Waals surface area (Å²) < 4.78 is 12.6. The Hall–Kier alpha value is -4.45. The highest BCUT2D eigenvalue weighted by Gasteiger charge is 2.45. The molecule has 0 spiro atoms. The second-order valence-corrected chi connectivity index (χ2v) is 13.0. The molecule has 0 aliphatic rings. The van der Waals surface area contributed by atoms with E-state index in [9.17, 15) is 4.79 Å². The highest BCUT2D eigenvalue weighted by molar-refractivity contribution is 7.07. The van der Waals surface area contributed by atoms with Crippen molar-refractivity contribution in [3.8, 4) is 5.75 Å². The monoisotopic (exact) mass is 543 g/mol. The summed E-state index contributed by atoms with van der Waals surface area (Å²) >= 11 is 0. The number of hydrogen-bond donors (Lipinski definition) is 1. The minimum Gasteiger partial charge on any atom is -0.497 e. The first-order valence-corrected chi connectivity index (χ1v) is 15.4. The molecule has 0 bridgehead atoms. The van der Waals surface area contributed by atoms with Gasteiger partial charge in [-0.05, 0) is 58.2 Å². The lowest BCUT2D eigenvalue weighted by molar-refractivity contribution is -0.123. The number of hydrogen-bond acceptors (Lipinski definition) is 3. The predicted octanol–water partition coefficient (Wildman–Crippen LogP) is 5.32.